The zero-order valence-electron chi connectivity index (χ0n) is 14.0. The number of anilines is 2. The maximum atomic E-state index is 12.0. The molecule has 0 bridgehead atoms. The third-order valence-electron chi connectivity index (χ3n) is 3.90. The zero-order valence-corrected chi connectivity index (χ0v) is 14.0. The molecule has 0 atom stereocenters. The lowest BCUT2D eigenvalue weighted by Gasteiger charge is -2.09. The first kappa shape index (κ1) is 16.7. The Morgan fingerprint density at radius 1 is 0.800 bits per heavy atom. The number of carbonyl (C=O) groups is 1. The predicted octanol–water partition coefficient (Wildman–Crippen LogP) is 4.27. The van der Waals surface area contributed by atoms with E-state index in [1.54, 1.807) is 12.4 Å². The fraction of sp³-hybridized carbons (Fsp3) is 0.143. The van der Waals surface area contributed by atoms with E-state index in [0.717, 1.165) is 24.3 Å². The van der Waals surface area contributed by atoms with E-state index in [-0.39, 0.29) is 5.91 Å². The monoisotopic (exact) mass is 331 g/mol. The van der Waals surface area contributed by atoms with Crippen LogP contribution < -0.4 is 10.6 Å². The molecule has 0 saturated carbocycles. The molecule has 0 aliphatic heterocycles. The molecule has 3 rings (SSSR count). The highest BCUT2D eigenvalue weighted by Gasteiger charge is 2.03. The Kier molecular flexibility index (Phi) is 5.77. The number of pyridine rings is 1. The molecule has 0 fully saturated rings. The summed E-state index contributed by atoms with van der Waals surface area (Å²) in [5.74, 6) is 0.0290. The number of nitrogens with zero attached hydrogens (tertiary/aromatic N) is 1. The van der Waals surface area contributed by atoms with Gasteiger partial charge in [-0.05, 0) is 53.9 Å². The summed E-state index contributed by atoms with van der Waals surface area (Å²) in [6.45, 7) is 0.741. The van der Waals surface area contributed by atoms with Crippen LogP contribution in [0.1, 0.15) is 17.5 Å². The van der Waals surface area contributed by atoms with Crippen LogP contribution in [-0.2, 0) is 17.8 Å². The Balaban J connectivity index is 1.46. The maximum Gasteiger partial charge on any atom is 0.224 e. The third kappa shape index (κ3) is 5.46. The molecule has 1 amide bonds. The van der Waals surface area contributed by atoms with Crippen molar-refractivity contribution in [3.05, 3.63) is 90.3 Å². The third-order valence-corrected chi connectivity index (χ3v) is 3.90. The lowest BCUT2D eigenvalue weighted by atomic mass is 10.1. The summed E-state index contributed by atoms with van der Waals surface area (Å²) in [7, 11) is 0. The number of hydrogen-bond donors (Lipinski definition) is 2. The molecule has 0 aliphatic carbocycles. The minimum atomic E-state index is 0.0290. The molecule has 4 nitrogen and oxygen atoms in total. The number of aromatic nitrogens is 1. The molecule has 0 spiro atoms. The molecule has 0 radical (unpaired) electrons. The van der Waals surface area contributed by atoms with Crippen molar-refractivity contribution >= 4 is 17.3 Å². The number of hydrogen-bond acceptors (Lipinski definition) is 3. The molecule has 0 unspecified atom stereocenters. The van der Waals surface area contributed by atoms with Crippen LogP contribution in [0.25, 0.3) is 0 Å². The van der Waals surface area contributed by atoms with Crippen LogP contribution in [0.4, 0.5) is 11.4 Å². The maximum absolute atomic E-state index is 12.0. The Labute approximate surface area is 147 Å². The van der Waals surface area contributed by atoms with E-state index in [1.807, 2.05) is 66.7 Å². The second kappa shape index (κ2) is 8.64. The number of carbonyl (C=O) groups excluding carboxylic acids is 1. The number of rotatable bonds is 7. The normalized spacial score (nSPS) is 10.2. The van der Waals surface area contributed by atoms with Gasteiger partial charge < -0.3 is 10.6 Å². The van der Waals surface area contributed by atoms with Crippen molar-refractivity contribution in [3.63, 3.8) is 0 Å². The zero-order chi connectivity index (χ0) is 17.3. The molecule has 1 heterocycles. The van der Waals surface area contributed by atoms with Crippen molar-refractivity contribution in [2.45, 2.75) is 19.4 Å². The lowest BCUT2D eigenvalue weighted by molar-refractivity contribution is -0.116. The molecule has 25 heavy (non-hydrogen) atoms. The first-order valence-corrected chi connectivity index (χ1v) is 8.36. The van der Waals surface area contributed by atoms with Gasteiger partial charge in [0.05, 0.1) is 0 Å². The highest BCUT2D eigenvalue weighted by molar-refractivity contribution is 5.91. The van der Waals surface area contributed by atoms with Crippen LogP contribution in [0, 0.1) is 0 Å². The highest BCUT2D eigenvalue weighted by Crippen LogP contribution is 2.15. The average Bonchev–Trinajstić information content (AvgIpc) is 2.67. The minimum Gasteiger partial charge on any atom is -0.381 e. The van der Waals surface area contributed by atoms with E-state index in [2.05, 4.69) is 15.6 Å². The first-order valence-electron chi connectivity index (χ1n) is 8.36. The van der Waals surface area contributed by atoms with Gasteiger partial charge in [0.2, 0.25) is 5.91 Å². The summed E-state index contributed by atoms with van der Waals surface area (Å²) in [5, 5.41) is 6.29. The number of benzene rings is 2. The molecule has 0 aliphatic rings. The van der Waals surface area contributed by atoms with E-state index in [1.165, 1.54) is 11.1 Å². The highest BCUT2D eigenvalue weighted by atomic mass is 16.1. The van der Waals surface area contributed by atoms with Gasteiger partial charge in [-0.25, -0.2) is 0 Å². The van der Waals surface area contributed by atoms with E-state index in [0.29, 0.717) is 6.42 Å². The molecule has 3 aromatic rings. The van der Waals surface area contributed by atoms with Gasteiger partial charge in [0, 0.05) is 36.7 Å². The fourth-order valence-corrected chi connectivity index (χ4v) is 2.50. The Hall–Kier alpha value is -3.14. The van der Waals surface area contributed by atoms with Crippen molar-refractivity contribution in [1.82, 2.24) is 4.98 Å². The van der Waals surface area contributed by atoms with Crippen LogP contribution >= 0.6 is 0 Å². The Morgan fingerprint density at radius 2 is 1.48 bits per heavy atom. The van der Waals surface area contributed by atoms with Crippen molar-refractivity contribution in [2.24, 2.45) is 0 Å². The molecule has 0 saturated heterocycles. The predicted molar refractivity (Wildman–Crippen MR) is 101 cm³/mol. The number of aryl methyl sites for hydroxylation is 1. The van der Waals surface area contributed by atoms with Gasteiger partial charge in [0.25, 0.3) is 0 Å². The van der Waals surface area contributed by atoms with Gasteiger partial charge in [-0.15, -0.1) is 0 Å². The van der Waals surface area contributed by atoms with E-state index < -0.39 is 0 Å². The molecular formula is C21H21N3O. The van der Waals surface area contributed by atoms with E-state index in [4.69, 9.17) is 0 Å². The summed E-state index contributed by atoms with van der Waals surface area (Å²) >= 11 is 0. The number of nitrogens with one attached hydrogen (secondary N) is 2. The van der Waals surface area contributed by atoms with Gasteiger partial charge in [-0.3, -0.25) is 9.78 Å². The largest absolute Gasteiger partial charge is 0.381 e. The van der Waals surface area contributed by atoms with Gasteiger partial charge in [-0.2, -0.15) is 0 Å². The topological polar surface area (TPSA) is 54.0 Å². The summed E-state index contributed by atoms with van der Waals surface area (Å²) in [6.07, 6.45) is 4.79. The van der Waals surface area contributed by atoms with Gasteiger partial charge in [-0.1, -0.05) is 30.3 Å². The SMILES string of the molecule is O=C(CCc1ccccc1)Nc1ccc(NCc2ccncc2)cc1. The van der Waals surface area contributed by atoms with Crippen LogP contribution in [-0.4, -0.2) is 10.9 Å². The fourth-order valence-electron chi connectivity index (χ4n) is 2.50. The van der Waals surface area contributed by atoms with Crippen LogP contribution in [0.15, 0.2) is 79.1 Å². The van der Waals surface area contributed by atoms with Gasteiger partial charge in [0.15, 0.2) is 0 Å². The van der Waals surface area contributed by atoms with Crippen molar-refractivity contribution in [1.29, 1.82) is 0 Å². The average molecular weight is 331 g/mol. The summed E-state index contributed by atoms with van der Waals surface area (Å²) in [6, 6.07) is 21.8. The standard InChI is InChI=1S/C21H21N3O/c25-21(11-6-17-4-2-1-3-5-17)24-20-9-7-19(8-10-20)23-16-18-12-14-22-15-13-18/h1-5,7-10,12-15,23H,6,11,16H2,(H,24,25). The first-order chi connectivity index (χ1) is 12.3. The molecule has 2 aromatic carbocycles. The van der Waals surface area contributed by atoms with Gasteiger partial charge >= 0.3 is 0 Å². The molecular weight excluding hydrogens is 310 g/mol. The van der Waals surface area contributed by atoms with Crippen molar-refractivity contribution in [2.75, 3.05) is 10.6 Å². The minimum absolute atomic E-state index is 0.0290. The van der Waals surface area contributed by atoms with Crippen LogP contribution in [0.3, 0.4) is 0 Å². The van der Waals surface area contributed by atoms with E-state index in [9.17, 15) is 4.79 Å². The second-order valence-corrected chi connectivity index (χ2v) is 5.82. The van der Waals surface area contributed by atoms with Crippen LogP contribution in [0.5, 0.6) is 0 Å². The van der Waals surface area contributed by atoms with Gasteiger partial charge in [0.1, 0.15) is 0 Å². The van der Waals surface area contributed by atoms with Crippen molar-refractivity contribution < 1.29 is 4.79 Å². The Bertz CT molecular complexity index is 786. The Morgan fingerprint density at radius 3 is 2.20 bits per heavy atom. The van der Waals surface area contributed by atoms with Crippen LogP contribution in [0.2, 0.25) is 0 Å². The summed E-state index contributed by atoms with van der Waals surface area (Å²) < 4.78 is 0. The molecule has 2 N–H and O–H groups in total. The number of amides is 1. The summed E-state index contributed by atoms with van der Waals surface area (Å²) in [5.41, 5.74) is 4.17. The smallest absolute Gasteiger partial charge is 0.224 e. The molecule has 126 valence electrons. The lowest BCUT2D eigenvalue weighted by Crippen LogP contribution is -2.12. The van der Waals surface area contributed by atoms with Crippen molar-refractivity contribution in [3.8, 4) is 0 Å². The van der Waals surface area contributed by atoms with E-state index >= 15 is 0 Å². The summed E-state index contributed by atoms with van der Waals surface area (Å²) in [4.78, 5) is 16.1. The quantitative estimate of drug-likeness (QED) is 0.680. The second-order valence-electron chi connectivity index (χ2n) is 5.82. The molecule has 1 aromatic heterocycles. The molecule has 4 heteroatoms.